The van der Waals surface area contributed by atoms with Gasteiger partial charge in [-0.05, 0) is 24.3 Å². The van der Waals surface area contributed by atoms with E-state index in [0.29, 0.717) is 11.5 Å². The highest BCUT2D eigenvalue weighted by Crippen LogP contribution is 2.17. The van der Waals surface area contributed by atoms with Gasteiger partial charge in [0.05, 0.1) is 32.5 Å². The van der Waals surface area contributed by atoms with Gasteiger partial charge in [0.1, 0.15) is 24.2 Å². The minimum absolute atomic E-state index is 0.0394. The number of aliphatic hydroxyl groups is 4. The lowest BCUT2D eigenvalue weighted by Crippen LogP contribution is -2.57. The molecule has 0 bridgehead atoms. The number of aliphatic hydroxyl groups excluding tert-OH is 4. The summed E-state index contributed by atoms with van der Waals surface area (Å²) < 4.78 is 10.4. The molecule has 0 aliphatic heterocycles. The monoisotopic (exact) mass is 301 g/mol. The molecule has 0 aromatic heterocycles. The van der Waals surface area contributed by atoms with Crippen molar-refractivity contribution in [3.8, 4) is 11.5 Å². The van der Waals surface area contributed by atoms with Crippen LogP contribution in [0.1, 0.15) is 0 Å². The molecular weight excluding hydrogens is 278 g/mol. The molecule has 1 unspecified atom stereocenters. The molecule has 0 saturated carbocycles. The maximum absolute atomic E-state index is 9.80. The van der Waals surface area contributed by atoms with Crippen LogP contribution in [0.2, 0.25) is 0 Å². The molecule has 5 N–H and O–H groups in total. The van der Waals surface area contributed by atoms with Crippen LogP contribution in [0.3, 0.4) is 0 Å². The van der Waals surface area contributed by atoms with Gasteiger partial charge >= 0.3 is 0 Å². The Bertz CT molecular complexity index is 385. The van der Waals surface area contributed by atoms with Crippen LogP contribution in [0.15, 0.2) is 24.3 Å². The van der Waals surface area contributed by atoms with Crippen molar-refractivity contribution >= 4 is 0 Å². The number of benzene rings is 1. The lowest BCUT2D eigenvalue weighted by atomic mass is 10.0. The molecule has 0 heterocycles. The fourth-order valence-electron chi connectivity index (χ4n) is 1.58. The molecule has 0 aliphatic carbocycles. The maximum atomic E-state index is 9.80. The van der Waals surface area contributed by atoms with E-state index in [2.05, 4.69) is 5.32 Å². The molecule has 0 aliphatic rings. The van der Waals surface area contributed by atoms with E-state index in [1.807, 2.05) is 0 Å². The third-order valence-corrected chi connectivity index (χ3v) is 3.12. The third kappa shape index (κ3) is 5.49. The fraction of sp³-hybridized carbons (Fsp3) is 0.571. The molecule has 0 fully saturated rings. The van der Waals surface area contributed by atoms with E-state index in [1.54, 1.807) is 31.4 Å². The second kappa shape index (κ2) is 8.81. The molecule has 7 heteroatoms. The average Bonchev–Trinajstić information content (AvgIpc) is 2.55. The zero-order valence-electron chi connectivity index (χ0n) is 12.0. The zero-order chi connectivity index (χ0) is 15.7. The van der Waals surface area contributed by atoms with E-state index in [1.165, 1.54) is 0 Å². The number of ether oxygens (including phenoxy) is 2. The number of methoxy groups -OCH3 is 1. The van der Waals surface area contributed by atoms with Crippen molar-refractivity contribution in [2.75, 3.05) is 40.1 Å². The van der Waals surface area contributed by atoms with Gasteiger partial charge < -0.3 is 35.2 Å². The molecule has 1 aromatic carbocycles. The maximum Gasteiger partial charge on any atom is 0.119 e. The number of nitrogens with one attached hydrogen (secondary N) is 1. The van der Waals surface area contributed by atoms with Gasteiger partial charge in [0, 0.05) is 6.54 Å². The van der Waals surface area contributed by atoms with Crippen LogP contribution < -0.4 is 14.8 Å². The summed E-state index contributed by atoms with van der Waals surface area (Å²) in [6, 6.07) is 6.93. The van der Waals surface area contributed by atoms with Gasteiger partial charge in [0.2, 0.25) is 0 Å². The summed E-state index contributed by atoms with van der Waals surface area (Å²) in [5, 5.41) is 40.0. The Hall–Kier alpha value is -1.38. The van der Waals surface area contributed by atoms with E-state index in [-0.39, 0.29) is 13.2 Å². The quantitative estimate of drug-likeness (QED) is 0.367. The van der Waals surface area contributed by atoms with Crippen LogP contribution in [0.25, 0.3) is 0 Å². The van der Waals surface area contributed by atoms with Crippen molar-refractivity contribution in [1.29, 1.82) is 0 Å². The summed E-state index contributed by atoms with van der Waals surface area (Å²) >= 11 is 0. The molecule has 21 heavy (non-hydrogen) atoms. The molecule has 0 spiro atoms. The zero-order valence-corrected chi connectivity index (χ0v) is 12.0. The van der Waals surface area contributed by atoms with Crippen LogP contribution in [0, 0.1) is 0 Å². The van der Waals surface area contributed by atoms with Gasteiger partial charge in [-0.3, -0.25) is 0 Å². The van der Waals surface area contributed by atoms with Crippen molar-refractivity contribution in [1.82, 2.24) is 5.32 Å². The molecule has 0 radical (unpaired) electrons. The predicted octanol–water partition coefficient (Wildman–Crippen LogP) is -1.26. The number of rotatable bonds is 10. The van der Waals surface area contributed by atoms with Crippen LogP contribution in [0.4, 0.5) is 0 Å². The summed E-state index contributed by atoms with van der Waals surface area (Å²) in [4.78, 5) is 0. The van der Waals surface area contributed by atoms with Crippen LogP contribution >= 0.6 is 0 Å². The minimum Gasteiger partial charge on any atom is -0.497 e. The van der Waals surface area contributed by atoms with Gasteiger partial charge in [-0.25, -0.2) is 0 Å². The van der Waals surface area contributed by atoms with Crippen molar-refractivity contribution in [3.05, 3.63) is 24.3 Å². The molecule has 1 rings (SSSR count). The van der Waals surface area contributed by atoms with E-state index < -0.39 is 31.5 Å². The Morgan fingerprint density at radius 3 is 2.05 bits per heavy atom. The summed E-state index contributed by atoms with van der Waals surface area (Å²) in [5.41, 5.74) is -1.21. The number of β-amino-alcohol motifs (C(OH)–C–C–N with tert-alkyl or cyclic N) is 1. The standard InChI is InChI=1S/C14H23NO6/c1-20-12-2-4-13(5-3-12)21-7-11(19)6-15-14(8-16,9-17)10-18/h2-5,11,15-19H,6-10H2,1H3. The Morgan fingerprint density at radius 1 is 1.05 bits per heavy atom. The molecular formula is C14H23NO6. The lowest BCUT2D eigenvalue weighted by Gasteiger charge is -2.29. The minimum atomic E-state index is -1.21. The van der Waals surface area contributed by atoms with Crippen molar-refractivity contribution < 1.29 is 29.9 Å². The third-order valence-electron chi connectivity index (χ3n) is 3.12. The van der Waals surface area contributed by atoms with Crippen molar-refractivity contribution in [2.45, 2.75) is 11.6 Å². The van der Waals surface area contributed by atoms with E-state index in [0.717, 1.165) is 0 Å². The Kier molecular flexibility index (Phi) is 7.41. The molecule has 1 atom stereocenters. The summed E-state index contributed by atoms with van der Waals surface area (Å²) in [7, 11) is 1.57. The first-order valence-corrected chi connectivity index (χ1v) is 6.61. The van der Waals surface area contributed by atoms with Crippen molar-refractivity contribution in [3.63, 3.8) is 0 Å². The number of hydrogen-bond acceptors (Lipinski definition) is 7. The highest BCUT2D eigenvalue weighted by atomic mass is 16.5. The summed E-state index contributed by atoms with van der Waals surface area (Å²) in [6.45, 7) is -1.21. The Morgan fingerprint density at radius 2 is 1.57 bits per heavy atom. The Labute approximate surface area is 123 Å². The second-order valence-corrected chi connectivity index (χ2v) is 4.78. The first-order valence-electron chi connectivity index (χ1n) is 6.61. The smallest absolute Gasteiger partial charge is 0.119 e. The highest BCUT2D eigenvalue weighted by molar-refractivity contribution is 5.31. The molecule has 0 saturated heterocycles. The SMILES string of the molecule is COc1ccc(OCC(O)CNC(CO)(CO)CO)cc1. The normalized spacial score (nSPS) is 13.0. The predicted molar refractivity (Wildman–Crippen MR) is 76.5 cm³/mol. The van der Waals surface area contributed by atoms with Gasteiger partial charge in [-0.1, -0.05) is 0 Å². The van der Waals surface area contributed by atoms with Crippen LogP contribution in [-0.2, 0) is 0 Å². The molecule has 7 nitrogen and oxygen atoms in total. The van der Waals surface area contributed by atoms with Gasteiger partial charge in [-0.15, -0.1) is 0 Å². The Balaban J connectivity index is 2.37. The number of hydrogen-bond donors (Lipinski definition) is 5. The summed E-state index contributed by atoms with van der Waals surface area (Å²) in [6.07, 6.45) is -0.851. The fourth-order valence-corrected chi connectivity index (χ4v) is 1.58. The van der Waals surface area contributed by atoms with Gasteiger partial charge in [0.15, 0.2) is 0 Å². The lowest BCUT2D eigenvalue weighted by molar-refractivity contribution is 0.0260. The van der Waals surface area contributed by atoms with Crippen molar-refractivity contribution in [2.24, 2.45) is 0 Å². The van der Waals surface area contributed by atoms with E-state index in [9.17, 15) is 5.11 Å². The molecule has 120 valence electrons. The topological polar surface area (TPSA) is 111 Å². The van der Waals surface area contributed by atoms with E-state index in [4.69, 9.17) is 24.8 Å². The highest BCUT2D eigenvalue weighted by Gasteiger charge is 2.28. The first-order chi connectivity index (χ1) is 10.1. The average molecular weight is 301 g/mol. The summed E-state index contributed by atoms with van der Waals surface area (Å²) in [5.74, 6) is 1.30. The van der Waals surface area contributed by atoms with Gasteiger partial charge in [-0.2, -0.15) is 0 Å². The molecule has 1 aromatic rings. The molecule has 0 amide bonds. The largest absolute Gasteiger partial charge is 0.497 e. The van der Waals surface area contributed by atoms with Crippen LogP contribution in [-0.4, -0.2) is 72.2 Å². The van der Waals surface area contributed by atoms with Crippen LogP contribution in [0.5, 0.6) is 11.5 Å². The second-order valence-electron chi connectivity index (χ2n) is 4.78. The first kappa shape index (κ1) is 17.7. The van der Waals surface area contributed by atoms with E-state index >= 15 is 0 Å². The van der Waals surface area contributed by atoms with Gasteiger partial charge in [0.25, 0.3) is 0 Å².